The second-order valence-electron chi connectivity index (χ2n) is 6.99. The number of rotatable bonds is 4. The van der Waals surface area contributed by atoms with E-state index in [1.165, 1.54) is 0 Å². The molecule has 3 aromatic rings. The van der Waals surface area contributed by atoms with Crippen molar-refractivity contribution in [2.75, 3.05) is 25.4 Å². The molecule has 0 unspecified atom stereocenters. The molecule has 0 spiro atoms. The molecule has 8 nitrogen and oxygen atoms in total. The standard InChI is InChI=1S/C20H22N6O2S/c1-12-5-14(15-8-22-20(21)23-9-15)6-17(24-12)18-10-26(3-4-28-18)19(27)7-16-11-29-13(2)25-16/h5-6,8-9,11,18H,3-4,7,10H2,1-2H3,(H2,21,22,23)/t18-/m0/s1. The van der Waals surface area contributed by atoms with Gasteiger partial charge in [-0.2, -0.15) is 0 Å². The summed E-state index contributed by atoms with van der Waals surface area (Å²) in [6.07, 6.45) is 3.41. The summed E-state index contributed by atoms with van der Waals surface area (Å²) < 4.78 is 5.94. The molecular formula is C20H22N6O2S. The lowest BCUT2D eigenvalue weighted by Crippen LogP contribution is -2.43. The monoisotopic (exact) mass is 410 g/mol. The van der Waals surface area contributed by atoms with E-state index in [9.17, 15) is 4.79 Å². The van der Waals surface area contributed by atoms with Gasteiger partial charge in [0.15, 0.2) is 0 Å². The van der Waals surface area contributed by atoms with Gasteiger partial charge in [0.05, 0.1) is 36.0 Å². The Hall–Kier alpha value is -2.91. The molecule has 150 valence electrons. The molecule has 1 atom stereocenters. The van der Waals surface area contributed by atoms with Gasteiger partial charge in [-0.05, 0) is 31.5 Å². The number of carbonyl (C=O) groups excluding carboxylic acids is 1. The van der Waals surface area contributed by atoms with Gasteiger partial charge in [0.25, 0.3) is 0 Å². The number of morpholine rings is 1. The largest absolute Gasteiger partial charge is 0.368 e. The third-order valence-electron chi connectivity index (χ3n) is 4.73. The number of nitrogens with zero attached hydrogens (tertiary/aromatic N) is 5. The van der Waals surface area contributed by atoms with Crippen molar-refractivity contribution in [3.8, 4) is 11.1 Å². The summed E-state index contributed by atoms with van der Waals surface area (Å²) in [5.74, 6) is 0.295. The van der Waals surface area contributed by atoms with E-state index in [-0.39, 0.29) is 18.0 Å². The maximum atomic E-state index is 12.7. The van der Waals surface area contributed by atoms with E-state index in [0.717, 1.165) is 33.2 Å². The number of amides is 1. The quantitative estimate of drug-likeness (QED) is 0.703. The lowest BCUT2D eigenvalue weighted by Gasteiger charge is -2.33. The van der Waals surface area contributed by atoms with Crippen LogP contribution in [0.4, 0.5) is 5.95 Å². The van der Waals surface area contributed by atoms with Gasteiger partial charge in [-0.1, -0.05) is 0 Å². The predicted octanol–water partition coefficient (Wildman–Crippen LogP) is 2.34. The molecule has 0 saturated carbocycles. The van der Waals surface area contributed by atoms with Crippen molar-refractivity contribution in [3.05, 3.63) is 52.0 Å². The molecule has 1 fully saturated rings. The van der Waals surface area contributed by atoms with Gasteiger partial charge in [-0.15, -0.1) is 11.3 Å². The number of pyridine rings is 1. The number of nitrogens with two attached hydrogens (primary N) is 1. The predicted molar refractivity (Wildman–Crippen MR) is 110 cm³/mol. The number of hydrogen-bond donors (Lipinski definition) is 1. The van der Waals surface area contributed by atoms with Crippen LogP contribution >= 0.6 is 11.3 Å². The average molecular weight is 411 g/mol. The lowest BCUT2D eigenvalue weighted by molar-refractivity contribution is -0.138. The smallest absolute Gasteiger partial charge is 0.228 e. The molecule has 2 N–H and O–H groups in total. The van der Waals surface area contributed by atoms with Crippen LogP contribution in [0.1, 0.15) is 28.2 Å². The number of thiazole rings is 1. The first-order valence-electron chi connectivity index (χ1n) is 9.35. The Labute approximate surface area is 172 Å². The molecule has 9 heteroatoms. The van der Waals surface area contributed by atoms with Gasteiger partial charge in [0.2, 0.25) is 11.9 Å². The van der Waals surface area contributed by atoms with Gasteiger partial charge >= 0.3 is 0 Å². The van der Waals surface area contributed by atoms with E-state index in [2.05, 4.69) is 19.9 Å². The van der Waals surface area contributed by atoms with Crippen molar-refractivity contribution >= 4 is 23.2 Å². The second-order valence-corrected chi connectivity index (χ2v) is 8.05. The number of anilines is 1. The molecule has 4 heterocycles. The number of ether oxygens (including phenoxy) is 1. The van der Waals surface area contributed by atoms with Crippen LogP contribution < -0.4 is 5.73 Å². The Kier molecular flexibility index (Phi) is 5.50. The van der Waals surface area contributed by atoms with Crippen LogP contribution in [0.15, 0.2) is 29.9 Å². The minimum Gasteiger partial charge on any atom is -0.368 e. The molecular weight excluding hydrogens is 388 g/mol. The fraction of sp³-hybridized carbons (Fsp3) is 0.350. The van der Waals surface area contributed by atoms with E-state index in [4.69, 9.17) is 10.5 Å². The van der Waals surface area contributed by atoms with Gasteiger partial charge in [-0.25, -0.2) is 15.0 Å². The molecule has 29 heavy (non-hydrogen) atoms. The highest BCUT2D eigenvalue weighted by atomic mass is 32.1. The van der Waals surface area contributed by atoms with Crippen LogP contribution in [-0.4, -0.2) is 50.4 Å². The highest BCUT2D eigenvalue weighted by molar-refractivity contribution is 7.09. The molecule has 0 aromatic carbocycles. The Morgan fingerprint density at radius 1 is 1.24 bits per heavy atom. The molecule has 1 aliphatic rings. The minimum atomic E-state index is -0.279. The van der Waals surface area contributed by atoms with E-state index < -0.39 is 0 Å². The SMILES string of the molecule is Cc1cc(-c2cnc(N)nc2)cc([C@@H]2CN(C(=O)Cc3csc(C)n3)CCO2)n1. The highest BCUT2D eigenvalue weighted by Crippen LogP contribution is 2.27. The number of aromatic nitrogens is 4. The summed E-state index contributed by atoms with van der Waals surface area (Å²) in [4.78, 5) is 31.7. The van der Waals surface area contributed by atoms with E-state index in [1.54, 1.807) is 23.7 Å². The Morgan fingerprint density at radius 3 is 2.76 bits per heavy atom. The number of carbonyl (C=O) groups is 1. The summed E-state index contributed by atoms with van der Waals surface area (Å²) in [6, 6.07) is 3.93. The normalized spacial score (nSPS) is 16.8. The molecule has 0 bridgehead atoms. The first kappa shape index (κ1) is 19.4. The lowest BCUT2D eigenvalue weighted by atomic mass is 10.1. The van der Waals surface area contributed by atoms with E-state index in [1.807, 2.05) is 36.3 Å². The first-order chi connectivity index (χ1) is 14.0. The molecule has 0 aliphatic carbocycles. The molecule has 1 amide bonds. The van der Waals surface area contributed by atoms with Crippen LogP contribution in [0, 0.1) is 13.8 Å². The fourth-order valence-electron chi connectivity index (χ4n) is 3.32. The molecule has 3 aromatic heterocycles. The van der Waals surface area contributed by atoms with Crippen LogP contribution in [0.2, 0.25) is 0 Å². The minimum absolute atomic E-state index is 0.0587. The van der Waals surface area contributed by atoms with Gasteiger partial charge in [0, 0.05) is 35.6 Å². The summed E-state index contributed by atoms with van der Waals surface area (Å²) >= 11 is 1.56. The Morgan fingerprint density at radius 2 is 2.03 bits per heavy atom. The molecule has 1 saturated heterocycles. The Balaban J connectivity index is 1.51. The van der Waals surface area contributed by atoms with Crippen LogP contribution in [-0.2, 0) is 16.0 Å². The topological polar surface area (TPSA) is 107 Å². The second kappa shape index (κ2) is 8.22. The number of nitrogen functional groups attached to an aromatic ring is 1. The van der Waals surface area contributed by atoms with Crippen LogP contribution in [0.5, 0.6) is 0 Å². The van der Waals surface area contributed by atoms with Crippen molar-refractivity contribution in [2.24, 2.45) is 0 Å². The highest BCUT2D eigenvalue weighted by Gasteiger charge is 2.27. The maximum absolute atomic E-state index is 12.7. The Bertz CT molecular complexity index is 1020. The zero-order valence-electron chi connectivity index (χ0n) is 16.3. The summed E-state index contributed by atoms with van der Waals surface area (Å²) in [5, 5.41) is 2.91. The van der Waals surface area contributed by atoms with Crippen molar-refractivity contribution < 1.29 is 9.53 Å². The van der Waals surface area contributed by atoms with Crippen LogP contribution in [0.3, 0.4) is 0 Å². The first-order valence-corrected chi connectivity index (χ1v) is 10.2. The fourth-order valence-corrected chi connectivity index (χ4v) is 3.94. The summed E-state index contributed by atoms with van der Waals surface area (Å²) in [5.41, 5.74) is 9.85. The van der Waals surface area contributed by atoms with Crippen molar-refractivity contribution in [2.45, 2.75) is 26.4 Å². The summed E-state index contributed by atoms with van der Waals surface area (Å²) in [6.45, 7) is 5.39. The molecule has 4 rings (SSSR count). The van der Waals surface area contributed by atoms with Gasteiger partial charge in [-0.3, -0.25) is 9.78 Å². The van der Waals surface area contributed by atoms with E-state index in [0.29, 0.717) is 26.1 Å². The number of hydrogen-bond acceptors (Lipinski definition) is 8. The zero-order valence-corrected chi connectivity index (χ0v) is 17.1. The molecule has 0 radical (unpaired) electrons. The maximum Gasteiger partial charge on any atom is 0.228 e. The van der Waals surface area contributed by atoms with Crippen LogP contribution in [0.25, 0.3) is 11.1 Å². The van der Waals surface area contributed by atoms with Crippen molar-refractivity contribution in [3.63, 3.8) is 0 Å². The van der Waals surface area contributed by atoms with Gasteiger partial charge < -0.3 is 15.4 Å². The summed E-state index contributed by atoms with van der Waals surface area (Å²) in [7, 11) is 0. The van der Waals surface area contributed by atoms with Crippen molar-refractivity contribution in [1.29, 1.82) is 0 Å². The zero-order chi connectivity index (χ0) is 20.4. The number of aryl methyl sites for hydroxylation is 2. The third-order valence-corrected chi connectivity index (χ3v) is 5.55. The van der Waals surface area contributed by atoms with Gasteiger partial charge in [0.1, 0.15) is 6.10 Å². The molecule has 1 aliphatic heterocycles. The van der Waals surface area contributed by atoms with Crippen molar-refractivity contribution in [1.82, 2.24) is 24.8 Å². The third kappa shape index (κ3) is 4.57. The average Bonchev–Trinajstić information content (AvgIpc) is 3.12. The van der Waals surface area contributed by atoms with E-state index >= 15 is 0 Å².